The van der Waals surface area contributed by atoms with E-state index in [1.807, 2.05) is 0 Å². The van der Waals surface area contributed by atoms with Gasteiger partial charge in [-0.05, 0) is 31.6 Å². The predicted molar refractivity (Wildman–Crippen MR) is 77.8 cm³/mol. The van der Waals surface area contributed by atoms with E-state index in [1.54, 1.807) is 0 Å². The van der Waals surface area contributed by atoms with Crippen LogP contribution in [0.2, 0.25) is 0 Å². The van der Waals surface area contributed by atoms with Crippen molar-refractivity contribution in [3.63, 3.8) is 0 Å². The van der Waals surface area contributed by atoms with E-state index in [4.69, 9.17) is 5.11 Å². The Morgan fingerprint density at radius 3 is 2.06 bits per heavy atom. The first-order chi connectivity index (χ1) is 8.63. The van der Waals surface area contributed by atoms with Crippen LogP contribution in [0.3, 0.4) is 0 Å². The smallest absolute Gasteiger partial charge is 0.303 e. The molecule has 0 spiro atoms. The molecule has 106 valence electrons. The fraction of sp³-hybridized carbons (Fsp3) is 0.812. The molecule has 0 rings (SSSR count). The van der Waals surface area contributed by atoms with Gasteiger partial charge in [-0.3, -0.25) is 4.79 Å². The Bertz CT molecular complexity index is 219. The van der Waals surface area contributed by atoms with Crippen molar-refractivity contribution in [2.75, 3.05) is 0 Å². The minimum absolute atomic E-state index is 0.334. The number of hydrogen-bond acceptors (Lipinski definition) is 1. The average molecular weight is 254 g/mol. The van der Waals surface area contributed by atoms with Crippen LogP contribution in [0.25, 0.3) is 0 Å². The SMILES string of the molecule is CC(C)CC=CCCCCCCCCCC(=O)O. The van der Waals surface area contributed by atoms with Crippen molar-refractivity contribution in [3.8, 4) is 0 Å². The highest BCUT2D eigenvalue weighted by molar-refractivity contribution is 5.66. The van der Waals surface area contributed by atoms with Gasteiger partial charge >= 0.3 is 5.97 Å². The lowest BCUT2D eigenvalue weighted by Crippen LogP contribution is -1.93. The predicted octanol–water partition coefficient (Wildman–Crippen LogP) is 5.18. The summed E-state index contributed by atoms with van der Waals surface area (Å²) in [6.07, 6.45) is 15.6. The van der Waals surface area contributed by atoms with E-state index in [2.05, 4.69) is 26.0 Å². The maximum atomic E-state index is 10.3. The third-order valence-corrected chi connectivity index (χ3v) is 3.04. The molecule has 0 aliphatic heterocycles. The van der Waals surface area contributed by atoms with Crippen molar-refractivity contribution >= 4 is 5.97 Å². The summed E-state index contributed by atoms with van der Waals surface area (Å²) in [5.74, 6) is 0.107. The lowest BCUT2D eigenvalue weighted by Gasteiger charge is -2.00. The van der Waals surface area contributed by atoms with Crippen LogP contribution in [0, 0.1) is 5.92 Å². The molecule has 0 fully saturated rings. The molecule has 0 aromatic carbocycles. The molecule has 0 bridgehead atoms. The Balaban J connectivity index is 3.07. The van der Waals surface area contributed by atoms with Crippen molar-refractivity contribution in [1.82, 2.24) is 0 Å². The molecule has 0 saturated heterocycles. The fourth-order valence-electron chi connectivity index (χ4n) is 1.91. The van der Waals surface area contributed by atoms with Crippen molar-refractivity contribution in [2.24, 2.45) is 5.92 Å². The molecule has 0 aliphatic carbocycles. The summed E-state index contributed by atoms with van der Waals surface area (Å²) < 4.78 is 0. The average Bonchev–Trinajstić information content (AvgIpc) is 2.29. The van der Waals surface area contributed by atoms with Crippen LogP contribution >= 0.6 is 0 Å². The lowest BCUT2D eigenvalue weighted by molar-refractivity contribution is -0.137. The maximum Gasteiger partial charge on any atom is 0.303 e. The Morgan fingerprint density at radius 1 is 0.944 bits per heavy atom. The molecule has 0 aromatic heterocycles. The van der Waals surface area contributed by atoms with E-state index in [1.165, 1.54) is 44.9 Å². The third-order valence-electron chi connectivity index (χ3n) is 3.04. The number of rotatable bonds is 12. The summed E-state index contributed by atoms with van der Waals surface area (Å²) in [4.78, 5) is 10.3. The number of carboxylic acid groups (broad SMARTS) is 1. The largest absolute Gasteiger partial charge is 0.481 e. The quantitative estimate of drug-likeness (QED) is 0.384. The lowest BCUT2D eigenvalue weighted by atomic mass is 10.1. The zero-order valence-electron chi connectivity index (χ0n) is 12.2. The highest BCUT2D eigenvalue weighted by atomic mass is 16.4. The standard InChI is InChI=1S/C16H30O2/c1-15(2)13-11-9-7-5-3-4-6-8-10-12-14-16(17)18/h9,11,15H,3-8,10,12-14H2,1-2H3,(H,17,18). The molecule has 0 unspecified atom stereocenters. The fourth-order valence-corrected chi connectivity index (χ4v) is 1.91. The molecule has 18 heavy (non-hydrogen) atoms. The number of allylic oxidation sites excluding steroid dienone is 2. The Labute approximate surface area is 112 Å². The minimum Gasteiger partial charge on any atom is -0.481 e. The van der Waals surface area contributed by atoms with E-state index in [0.717, 1.165) is 18.8 Å². The van der Waals surface area contributed by atoms with Gasteiger partial charge in [-0.15, -0.1) is 0 Å². The summed E-state index contributed by atoms with van der Waals surface area (Å²) in [5.41, 5.74) is 0. The molecule has 0 atom stereocenters. The molecule has 0 amide bonds. The van der Waals surface area contributed by atoms with E-state index >= 15 is 0 Å². The summed E-state index contributed by atoms with van der Waals surface area (Å²) in [7, 11) is 0. The van der Waals surface area contributed by atoms with Gasteiger partial charge < -0.3 is 5.11 Å². The molecule has 0 saturated carbocycles. The topological polar surface area (TPSA) is 37.3 Å². The Hall–Kier alpha value is -0.790. The zero-order valence-corrected chi connectivity index (χ0v) is 12.2. The summed E-state index contributed by atoms with van der Waals surface area (Å²) in [5, 5.41) is 8.48. The molecule has 0 radical (unpaired) electrons. The maximum absolute atomic E-state index is 10.3. The first-order valence-corrected chi connectivity index (χ1v) is 7.49. The summed E-state index contributed by atoms with van der Waals surface area (Å²) in [6, 6.07) is 0. The molecule has 0 heterocycles. The molecule has 0 aliphatic rings. The van der Waals surface area contributed by atoms with E-state index in [0.29, 0.717) is 6.42 Å². The highest BCUT2D eigenvalue weighted by Gasteiger charge is 1.96. The molecule has 1 N–H and O–H groups in total. The van der Waals surface area contributed by atoms with Crippen molar-refractivity contribution in [1.29, 1.82) is 0 Å². The number of hydrogen-bond donors (Lipinski definition) is 1. The van der Waals surface area contributed by atoms with Gasteiger partial charge in [0.05, 0.1) is 0 Å². The van der Waals surface area contributed by atoms with Crippen molar-refractivity contribution in [3.05, 3.63) is 12.2 Å². The van der Waals surface area contributed by atoms with Gasteiger partial charge in [-0.25, -0.2) is 0 Å². The Kier molecular flexibility index (Phi) is 12.1. The van der Waals surface area contributed by atoms with Crippen LogP contribution in [-0.4, -0.2) is 11.1 Å². The van der Waals surface area contributed by atoms with Crippen LogP contribution in [-0.2, 0) is 4.79 Å². The number of carbonyl (C=O) groups is 1. The van der Waals surface area contributed by atoms with E-state index in [9.17, 15) is 4.79 Å². The second-order valence-electron chi connectivity index (χ2n) is 5.51. The highest BCUT2D eigenvalue weighted by Crippen LogP contribution is 2.10. The molecule has 2 heteroatoms. The van der Waals surface area contributed by atoms with Gasteiger partial charge in [-0.1, -0.05) is 58.1 Å². The van der Waals surface area contributed by atoms with Gasteiger partial charge in [0, 0.05) is 6.42 Å². The van der Waals surface area contributed by atoms with Crippen LogP contribution in [0.5, 0.6) is 0 Å². The van der Waals surface area contributed by atoms with Crippen LogP contribution < -0.4 is 0 Å². The zero-order chi connectivity index (χ0) is 13.6. The van der Waals surface area contributed by atoms with Gasteiger partial charge in [0.25, 0.3) is 0 Å². The van der Waals surface area contributed by atoms with Crippen LogP contribution in [0.4, 0.5) is 0 Å². The monoisotopic (exact) mass is 254 g/mol. The third kappa shape index (κ3) is 15.2. The first kappa shape index (κ1) is 17.2. The van der Waals surface area contributed by atoms with Crippen LogP contribution in [0.1, 0.15) is 78.1 Å². The van der Waals surface area contributed by atoms with Crippen molar-refractivity contribution < 1.29 is 9.90 Å². The van der Waals surface area contributed by atoms with Crippen LogP contribution in [0.15, 0.2) is 12.2 Å². The van der Waals surface area contributed by atoms with Gasteiger partial charge in [0.2, 0.25) is 0 Å². The van der Waals surface area contributed by atoms with E-state index in [-0.39, 0.29) is 0 Å². The summed E-state index contributed by atoms with van der Waals surface area (Å²) >= 11 is 0. The minimum atomic E-state index is -0.664. The molecule has 0 aromatic rings. The van der Waals surface area contributed by atoms with Gasteiger partial charge in [0.1, 0.15) is 0 Å². The number of unbranched alkanes of at least 4 members (excludes halogenated alkanes) is 7. The molecule has 2 nitrogen and oxygen atoms in total. The molecular weight excluding hydrogens is 224 g/mol. The second-order valence-corrected chi connectivity index (χ2v) is 5.51. The number of carboxylic acids is 1. The Morgan fingerprint density at radius 2 is 1.50 bits per heavy atom. The molecular formula is C16H30O2. The van der Waals surface area contributed by atoms with Crippen molar-refractivity contribution in [2.45, 2.75) is 78.1 Å². The van der Waals surface area contributed by atoms with Gasteiger partial charge in [0.15, 0.2) is 0 Å². The number of aliphatic carboxylic acids is 1. The summed E-state index contributed by atoms with van der Waals surface area (Å²) in [6.45, 7) is 4.49. The normalized spacial score (nSPS) is 11.5. The van der Waals surface area contributed by atoms with E-state index < -0.39 is 5.97 Å². The first-order valence-electron chi connectivity index (χ1n) is 7.49. The van der Waals surface area contributed by atoms with Gasteiger partial charge in [-0.2, -0.15) is 0 Å². The second kappa shape index (κ2) is 12.7.